The number of hydrogen-bond donors (Lipinski definition) is 1. The smallest absolute Gasteiger partial charge is 0.295 e. The van der Waals surface area contributed by atoms with Gasteiger partial charge in [0.15, 0.2) is 11.5 Å². The number of hydrogen-bond acceptors (Lipinski definition) is 7. The van der Waals surface area contributed by atoms with Gasteiger partial charge in [-0.2, -0.15) is 0 Å². The summed E-state index contributed by atoms with van der Waals surface area (Å²) in [7, 11) is 4.51. The predicted octanol–water partition coefficient (Wildman–Crippen LogP) is 3.95. The number of carbonyl (C=O) groups is 2. The Morgan fingerprint density at radius 2 is 1.65 bits per heavy atom. The Balaban J connectivity index is 2.11. The van der Waals surface area contributed by atoms with Crippen molar-refractivity contribution < 1.29 is 33.6 Å². The van der Waals surface area contributed by atoms with Gasteiger partial charge >= 0.3 is 0 Å². The predicted molar refractivity (Wildman–Crippen MR) is 127 cm³/mol. The van der Waals surface area contributed by atoms with Gasteiger partial charge in [-0.05, 0) is 44.5 Å². The molecule has 1 heterocycles. The topological polar surface area (TPSA) is 94.5 Å². The molecule has 2 aromatic rings. The molecule has 8 nitrogen and oxygen atoms in total. The average Bonchev–Trinajstić information content (AvgIpc) is 3.10. The van der Waals surface area contributed by atoms with Gasteiger partial charge in [-0.15, -0.1) is 0 Å². The first-order chi connectivity index (χ1) is 16.3. The van der Waals surface area contributed by atoms with E-state index in [-0.39, 0.29) is 24.0 Å². The van der Waals surface area contributed by atoms with Crippen molar-refractivity contribution in [3.63, 3.8) is 0 Å². The molecule has 1 saturated heterocycles. The lowest BCUT2D eigenvalue weighted by Crippen LogP contribution is -2.31. The van der Waals surface area contributed by atoms with Crippen molar-refractivity contribution in [3.05, 3.63) is 59.2 Å². The maximum absolute atomic E-state index is 13.2. The van der Waals surface area contributed by atoms with Gasteiger partial charge in [-0.3, -0.25) is 9.59 Å². The van der Waals surface area contributed by atoms with E-state index in [0.29, 0.717) is 41.4 Å². The molecule has 1 N–H and O–H groups in total. The normalized spacial score (nSPS) is 17.4. The van der Waals surface area contributed by atoms with E-state index >= 15 is 0 Å². The number of likely N-dealkylation sites (tertiary alicyclic amines) is 1. The molecule has 1 fully saturated rings. The average molecular weight is 470 g/mol. The molecule has 1 aliphatic rings. The van der Waals surface area contributed by atoms with E-state index in [1.54, 1.807) is 42.5 Å². The van der Waals surface area contributed by atoms with Gasteiger partial charge in [0, 0.05) is 24.3 Å². The minimum atomic E-state index is -0.816. The molecule has 0 aromatic heterocycles. The third-order valence-electron chi connectivity index (χ3n) is 5.62. The summed E-state index contributed by atoms with van der Waals surface area (Å²) < 4.78 is 21.7. The molecular formula is C26H31NO7. The van der Waals surface area contributed by atoms with Crippen LogP contribution >= 0.6 is 0 Å². The number of aliphatic hydroxyl groups excluding tert-OH is 1. The monoisotopic (exact) mass is 469 g/mol. The van der Waals surface area contributed by atoms with Crippen LogP contribution in [0.25, 0.3) is 5.76 Å². The summed E-state index contributed by atoms with van der Waals surface area (Å²) in [6.07, 6.45) is 0.596. The van der Waals surface area contributed by atoms with Gasteiger partial charge in [0.05, 0.1) is 39.0 Å². The van der Waals surface area contributed by atoms with Crippen molar-refractivity contribution in [2.24, 2.45) is 0 Å². The van der Waals surface area contributed by atoms with Crippen molar-refractivity contribution in [1.82, 2.24) is 4.90 Å². The maximum atomic E-state index is 13.2. The van der Waals surface area contributed by atoms with Crippen molar-refractivity contribution in [2.75, 3.05) is 34.5 Å². The molecule has 1 atom stereocenters. The highest BCUT2D eigenvalue weighted by molar-refractivity contribution is 6.46. The molecule has 0 spiro atoms. The lowest BCUT2D eigenvalue weighted by atomic mass is 9.94. The van der Waals surface area contributed by atoms with Gasteiger partial charge in [-0.1, -0.05) is 18.2 Å². The molecule has 182 valence electrons. The number of Topliss-reactive ketones (excluding diaryl/α,β-unsaturated/α-hetero) is 1. The van der Waals surface area contributed by atoms with Crippen molar-refractivity contribution in [3.8, 4) is 17.2 Å². The molecule has 1 amide bonds. The van der Waals surface area contributed by atoms with Gasteiger partial charge in [0.1, 0.15) is 11.5 Å². The SMILES string of the molecule is COc1ccc(/C(O)=C2\C(=O)C(=O)N(CCCOC(C)C)C2c2ccccc2OC)cc1OC. The summed E-state index contributed by atoms with van der Waals surface area (Å²) in [4.78, 5) is 27.8. The number of carbonyl (C=O) groups excluding carboxylic acids is 2. The van der Waals surface area contributed by atoms with E-state index in [1.165, 1.54) is 26.2 Å². The number of ether oxygens (including phenoxy) is 4. The molecule has 8 heteroatoms. The first kappa shape index (κ1) is 25.1. The Morgan fingerprint density at radius 3 is 2.29 bits per heavy atom. The molecule has 1 aliphatic heterocycles. The minimum Gasteiger partial charge on any atom is -0.507 e. The summed E-state index contributed by atoms with van der Waals surface area (Å²) in [5.74, 6) is -0.353. The molecule has 2 aromatic carbocycles. The molecule has 1 unspecified atom stereocenters. The molecule has 0 saturated carbocycles. The summed E-state index contributed by atoms with van der Waals surface area (Å²) in [6.45, 7) is 4.59. The number of aliphatic hydroxyl groups is 1. The Bertz CT molecular complexity index is 1080. The van der Waals surface area contributed by atoms with Crippen LogP contribution in [0.2, 0.25) is 0 Å². The highest BCUT2D eigenvalue weighted by atomic mass is 16.5. The second kappa shape index (κ2) is 11.1. The number of nitrogens with zero attached hydrogens (tertiary/aromatic N) is 1. The molecule has 34 heavy (non-hydrogen) atoms. The highest BCUT2D eigenvalue weighted by Crippen LogP contribution is 2.43. The van der Waals surface area contributed by atoms with Crippen LogP contribution in [0.3, 0.4) is 0 Å². The van der Waals surface area contributed by atoms with Crippen LogP contribution in [-0.2, 0) is 14.3 Å². The van der Waals surface area contributed by atoms with E-state index in [9.17, 15) is 14.7 Å². The lowest BCUT2D eigenvalue weighted by Gasteiger charge is -2.26. The number of amides is 1. The number of methoxy groups -OCH3 is 3. The van der Waals surface area contributed by atoms with Crippen LogP contribution in [0.4, 0.5) is 0 Å². The van der Waals surface area contributed by atoms with Crippen LogP contribution in [-0.4, -0.2) is 62.3 Å². The van der Waals surface area contributed by atoms with Gasteiger partial charge in [0.25, 0.3) is 11.7 Å². The summed E-state index contributed by atoms with van der Waals surface area (Å²) in [6, 6.07) is 11.1. The zero-order valence-corrected chi connectivity index (χ0v) is 20.2. The van der Waals surface area contributed by atoms with E-state index < -0.39 is 17.7 Å². The largest absolute Gasteiger partial charge is 0.507 e. The Morgan fingerprint density at radius 1 is 0.971 bits per heavy atom. The fourth-order valence-electron chi connectivity index (χ4n) is 4.02. The lowest BCUT2D eigenvalue weighted by molar-refractivity contribution is -0.140. The van der Waals surface area contributed by atoms with Crippen LogP contribution in [0, 0.1) is 0 Å². The highest BCUT2D eigenvalue weighted by Gasteiger charge is 2.46. The van der Waals surface area contributed by atoms with Crippen molar-refractivity contribution in [1.29, 1.82) is 0 Å². The van der Waals surface area contributed by atoms with Gasteiger partial charge in [0.2, 0.25) is 0 Å². The molecular weight excluding hydrogens is 438 g/mol. The maximum Gasteiger partial charge on any atom is 0.295 e. The minimum absolute atomic E-state index is 0.00787. The standard InChI is InChI=1S/C26H31NO7/c1-16(2)34-14-8-13-27-23(18-9-6-7-10-19(18)31-3)22(25(29)26(27)30)24(28)17-11-12-20(32-4)21(15-17)33-5/h6-7,9-12,15-16,23,28H,8,13-14H2,1-5H3/b24-22+. The van der Waals surface area contributed by atoms with E-state index in [2.05, 4.69) is 0 Å². The summed E-state index contributed by atoms with van der Waals surface area (Å²) in [5, 5.41) is 11.3. The van der Waals surface area contributed by atoms with E-state index in [0.717, 1.165) is 0 Å². The second-order valence-corrected chi connectivity index (χ2v) is 8.08. The Hall–Kier alpha value is -3.52. The van der Waals surface area contributed by atoms with Gasteiger partial charge < -0.3 is 29.0 Å². The summed E-state index contributed by atoms with van der Waals surface area (Å²) in [5.41, 5.74) is 0.932. The van der Waals surface area contributed by atoms with Crippen LogP contribution in [0.5, 0.6) is 17.2 Å². The zero-order valence-electron chi connectivity index (χ0n) is 20.2. The number of benzene rings is 2. The fourth-order valence-corrected chi connectivity index (χ4v) is 4.02. The zero-order chi connectivity index (χ0) is 24.8. The quantitative estimate of drug-likeness (QED) is 0.244. The Labute approximate surface area is 199 Å². The first-order valence-electron chi connectivity index (χ1n) is 11.1. The number of rotatable bonds is 10. The molecule has 3 rings (SSSR count). The van der Waals surface area contributed by atoms with E-state index in [1.807, 2.05) is 13.8 Å². The van der Waals surface area contributed by atoms with Crippen LogP contribution < -0.4 is 14.2 Å². The van der Waals surface area contributed by atoms with Gasteiger partial charge in [-0.25, -0.2) is 0 Å². The molecule has 0 aliphatic carbocycles. The Kier molecular flexibility index (Phi) is 8.17. The third kappa shape index (κ3) is 5.02. The molecule has 0 bridgehead atoms. The van der Waals surface area contributed by atoms with Crippen molar-refractivity contribution >= 4 is 17.4 Å². The van der Waals surface area contributed by atoms with E-state index in [4.69, 9.17) is 18.9 Å². The molecule has 0 radical (unpaired) electrons. The first-order valence-corrected chi connectivity index (χ1v) is 11.1. The summed E-state index contributed by atoms with van der Waals surface area (Å²) >= 11 is 0. The third-order valence-corrected chi connectivity index (χ3v) is 5.62. The number of para-hydroxylation sites is 1. The van der Waals surface area contributed by atoms with Crippen molar-refractivity contribution in [2.45, 2.75) is 32.4 Å². The fraction of sp³-hybridized carbons (Fsp3) is 0.385. The number of ketones is 1. The van der Waals surface area contributed by atoms with Crippen LogP contribution in [0.1, 0.15) is 37.4 Å². The van der Waals surface area contributed by atoms with Crippen LogP contribution in [0.15, 0.2) is 48.0 Å². The second-order valence-electron chi connectivity index (χ2n) is 8.08.